The summed E-state index contributed by atoms with van der Waals surface area (Å²) in [5.74, 6) is 3.08. The Labute approximate surface area is 128 Å². The van der Waals surface area contributed by atoms with Crippen LogP contribution in [0.4, 0.5) is 0 Å². The van der Waals surface area contributed by atoms with E-state index in [1.807, 2.05) is 40.6 Å². The van der Waals surface area contributed by atoms with Gasteiger partial charge in [-0.2, -0.15) is 0 Å². The van der Waals surface area contributed by atoms with E-state index in [-0.39, 0.29) is 5.91 Å². The number of benzene rings is 1. The van der Waals surface area contributed by atoms with Gasteiger partial charge in [0.05, 0.1) is 4.58 Å². The predicted octanol–water partition coefficient (Wildman–Crippen LogP) is 2.59. The Morgan fingerprint density at radius 1 is 1.25 bits per heavy atom. The van der Waals surface area contributed by atoms with Gasteiger partial charge in [-0.3, -0.25) is 4.79 Å². The van der Waals surface area contributed by atoms with Gasteiger partial charge in [-0.05, 0) is 36.6 Å². The Hall–Kier alpha value is -0.650. The summed E-state index contributed by atoms with van der Waals surface area (Å²) in [7, 11) is 0. The van der Waals surface area contributed by atoms with Gasteiger partial charge < -0.3 is 10.6 Å². The van der Waals surface area contributed by atoms with Gasteiger partial charge in [0.2, 0.25) is 0 Å². The van der Waals surface area contributed by atoms with E-state index in [0.29, 0.717) is 17.0 Å². The largest absolute Gasteiger partial charge is 0.338 e. The molecule has 1 amide bonds. The van der Waals surface area contributed by atoms with Gasteiger partial charge >= 0.3 is 0 Å². The summed E-state index contributed by atoms with van der Waals surface area (Å²) in [4.78, 5) is 14.4. The first kappa shape index (κ1) is 14.3. The lowest BCUT2D eigenvalue weighted by atomic mass is 10.1. The predicted molar refractivity (Wildman–Crippen MR) is 87.2 cm³/mol. The highest BCUT2D eigenvalue weighted by Gasteiger charge is 2.26. The van der Waals surface area contributed by atoms with E-state index >= 15 is 0 Å². The molecule has 20 heavy (non-hydrogen) atoms. The molecule has 2 N–H and O–H groups in total. The van der Waals surface area contributed by atoms with Gasteiger partial charge in [-0.25, -0.2) is 0 Å². The molecule has 3 rings (SSSR count). The van der Waals surface area contributed by atoms with Crippen LogP contribution >= 0.6 is 23.5 Å². The molecule has 0 spiro atoms. The molecule has 1 aromatic carbocycles. The molecule has 2 heterocycles. The van der Waals surface area contributed by atoms with E-state index in [1.54, 1.807) is 0 Å². The Morgan fingerprint density at radius 3 is 2.55 bits per heavy atom. The van der Waals surface area contributed by atoms with Crippen molar-refractivity contribution in [1.82, 2.24) is 4.90 Å². The van der Waals surface area contributed by atoms with Crippen LogP contribution < -0.4 is 5.73 Å². The zero-order valence-corrected chi connectivity index (χ0v) is 13.1. The maximum absolute atomic E-state index is 12.4. The zero-order valence-electron chi connectivity index (χ0n) is 11.5. The maximum Gasteiger partial charge on any atom is 0.253 e. The molecule has 1 atom stereocenters. The molecule has 2 fully saturated rings. The number of nitrogens with zero attached hydrogens (tertiary/aromatic N) is 1. The summed E-state index contributed by atoms with van der Waals surface area (Å²) < 4.78 is 0.549. The van der Waals surface area contributed by atoms with Crippen LogP contribution in [0.2, 0.25) is 0 Å². The highest BCUT2D eigenvalue weighted by Crippen LogP contribution is 2.45. The molecule has 2 saturated heterocycles. The van der Waals surface area contributed by atoms with Gasteiger partial charge in [-0.15, -0.1) is 23.5 Å². The average Bonchev–Trinajstić information content (AvgIpc) is 3.18. The van der Waals surface area contributed by atoms with Gasteiger partial charge in [0, 0.05) is 30.2 Å². The number of thioether (sulfide) groups is 2. The van der Waals surface area contributed by atoms with Crippen LogP contribution in [-0.4, -0.2) is 41.9 Å². The van der Waals surface area contributed by atoms with Crippen molar-refractivity contribution in [1.29, 1.82) is 0 Å². The lowest BCUT2D eigenvalue weighted by Crippen LogP contribution is -2.29. The standard InChI is InChI=1S/C15H20N2OS2/c16-9-11-5-6-17(10-11)14(18)12-1-3-13(4-2-12)15-19-7-8-20-15/h1-4,11,15H,5-10,16H2. The number of hydrogen-bond donors (Lipinski definition) is 1. The van der Waals surface area contributed by atoms with E-state index in [9.17, 15) is 4.79 Å². The lowest BCUT2D eigenvalue weighted by Gasteiger charge is -2.17. The molecule has 1 unspecified atom stereocenters. The third kappa shape index (κ3) is 3.00. The second-order valence-electron chi connectivity index (χ2n) is 5.34. The van der Waals surface area contributed by atoms with Crippen molar-refractivity contribution in [3.63, 3.8) is 0 Å². The fraction of sp³-hybridized carbons (Fsp3) is 0.533. The van der Waals surface area contributed by atoms with Crippen molar-refractivity contribution in [3.8, 4) is 0 Å². The topological polar surface area (TPSA) is 46.3 Å². The number of nitrogens with two attached hydrogens (primary N) is 1. The Bertz CT molecular complexity index is 471. The van der Waals surface area contributed by atoms with Crippen molar-refractivity contribution >= 4 is 29.4 Å². The summed E-state index contributed by atoms with van der Waals surface area (Å²) in [5.41, 5.74) is 7.82. The van der Waals surface area contributed by atoms with Crippen LogP contribution in [-0.2, 0) is 0 Å². The third-order valence-electron chi connectivity index (χ3n) is 3.96. The van der Waals surface area contributed by atoms with E-state index in [0.717, 1.165) is 25.1 Å². The fourth-order valence-electron chi connectivity index (χ4n) is 2.73. The molecule has 0 saturated carbocycles. The van der Waals surface area contributed by atoms with Crippen LogP contribution in [0.25, 0.3) is 0 Å². The smallest absolute Gasteiger partial charge is 0.253 e. The summed E-state index contributed by atoms with van der Waals surface area (Å²) in [6.45, 7) is 2.33. The average molecular weight is 308 g/mol. The molecule has 2 aliphatic rings. The Balaban J connectivity index is 1.66. The molecule has 5 heteroatoms. The first-order valence-electron chi connectivity index (χ1n) is 7.10. The Kier molecular flexibility index (Phi) is 4.58. The van der Waals surface area contributed by atoms with Crippen molar-refractivity contribution in [2.75, 3.05) is 31.1 Å². The highest BCUT2D eigenvalue weighted by molar-refractivity contribution is 8.19. The second kappa shape index (κ2) is 6.41. The van der Waals surface area contributed by atoms with Crippen LogP contribution in [0, 0.1) is 5.92 Å². The number of amides is 1. The first-order chi connectivity index (χ1) is 9.78. The minimum atomic E-state index is 0.152. The van der Waals surface area contributed by atoms with Gasteiger partial charge in [0.25, 0.3) is 5.91 Å². The molecule has 2 aliphatic heterocycles. The van der Waals surface area contributed by atoms with Crippen molar-refractivity contribution in [2.24, 2.45) is 11.7 Å². The number of likely N-dealkylation sites (tertiary alicyclic amines) is 1. The summed E-state index contributed by atoms with van der Waals surface area (Å²) >= 11 is 3.98. The van der Waals surface area contributed by atoms with Crippen LogP contribution in [0.1, 0.15) is 26.9 Å². The van der Waals surface area contributed by atoms with Crippen LogP contribution in [0.15, 0.2) is 24.3 Å². The van der Waals surface area contributed by atoms with E-state index in [1.165, 1.54) is 17.1 Å². The van der Waals surface area contributed by atoms with Crippen molar-refractivity contribution in [3.05, 3.63) is 35.4 Å². The van der Waals surface area contributed by atoms with Crippen LogP contribution in [0.3, 0.4) is 0 Å². The second-order valence-corrected chi connectivity index (χ2v) is 8.06. The summed E-state index contributed by atoms with van der Waals surface area (Å²) in [5, 5.41) is 0. The highest BCUT2D eigenvalue weighted by atomic mass is 32.2. The summed E-state index contributed by atoms with van der Waals surface area (Å²) in [6.07, 6.45) is 1.04. The SMILES string of the molecule is NCC1CCN(C(=O)c2ccc(C3SCCS3)cc2)C1. The van der Waals surface area contributed by atoms with Crippen molar-refractivity contribution < 1.29 is 4.79 Å². The van der Waals surface area contributed by atoms with Gasteiger partial charge in [0.1, 0.15) is 0 Å². The molecule has 0 aromatic heterocycles. The van der Waals surface area contributed by atoms with Gasteiger partial charge in [-0.1, -0.05) is 12.1 Å². The normalized spacial score (nSPS) is 23.4. The number of carbonyl (C=O) groups is 1. The quantitative estimate of drug-likeness (QED) is 0.932. The number of rotatable bonds is 3. The minimum Gasteiger partial charge on any atom is -0.338 e. The molecule has 1 aromatic rings. The van der Waals surface area contributed by atoms with E-state index < -0.39 is 0 Å². The minimum absolute atomic E-state index is 0.152. The molecule has 0 aliphatic carbocycles. The summed E-state index contributed by atoms with van der Waals surface area (Å²) in [6, 6.07) is 8.18. The van der Waals surface area contributed by atoms with E-state index in [4.69, 9.17) is 5.73 Å². The van der Waals surface area contributed by atoms with Gasteiger partial charge in [0.15, 0.2) is 0 Å². The first-order valence-corrected chi connectivity index (χ1v) is 9.20. The van der Waals surface area contributed by atoms with Crippen LogP contribution in [0.5, 0.6) is 0 Å². The Morgan fingerprint density at radius 2 is 1.95 bits per heavy atom. The molecule has 0 radical (unpaired) electrons. The molecular weight excluding hydrogens is 288 g/mol. The van der Waals surface area contributed by atoms with Crippen molar-refractivity contribution in [2.45, 2.75) is 11.0 Å². The monoisotopic (exact) mass is 308 g/mol. The number of carbonyl (C=O) groups excluding carboxylic acids is 1. The molecule has 0 bridgehead atoms. The fourth-order valence-corrected chi connectivity index (χ4v) is 5.59. The molecule has 108 valence electrons. The zero-order chi connectivity index (χ0) is 13.9. The third-order valence-corrected chi connectivity index (χ3v) is 7.06. The molecule has 3 nitrogen and oxygen atoms in total. The number of hydrogen-bond acceptors (Lipinski definition) is 4. The van der Waals surface area contributed by atoms with E-state index in [2.05, 4.69) is 12.1 Å². The lowest BCUT2D eigenvalue weighted by molar-refractivity contribution is 0.0787. The maximum atomic E-state index is 12.4. The molecular formula is C15H20N2OS2.